The Balaban J connectivity index is 3.52. The van der Waals surface area contributed by atoms with Gasteiger partial charge < -0.3 is 10.1 Å². The summed E-state index contributed by atoms with van der Waals surface area (Å²) in [7, 11) is 1.19. The number of hydrogen-bond donors (Lipinski definition) is 2. The van der Waals surface area contributed by atoms with Crippen LogP contribution in [-0.4, -0.2) is 24.5 Å². The highest BCUT2D eigenvalue weighted by Crippen LogP contribution is 2.23. The van der Waals surface area contributed by atoms with Crippen molar-refractivity contribution in [2.24, 2.45) is 0 Å². The molecule has 0 unspecified atom stereocenters. The molecule has 7 heteroatoms. The summed E-state index contributed by atoms with van der Waals surface area (Å²) in [6.07, 6.45) is 0. The van der Waals surface area contributed by atoms with Gasteiger partial charge in [0.1, 0.15) is 5.69 Å². The van der Waals surface area contributed by atoms with Gasteiger partial charge in [-0.2, -0.15) is 0 Å². The first-order chi connectivity index (χ1) is 6.25. The van der Waals surface area contributed by atoms with Crippen LogP contribution in [0.1, 0.15) is 21.6 Å². The molecule has 1 heterocycles. The molecule has 0 atom stereocenters. The lowest BCUT2D eigenvalue weighted by Gasteiger charge is -1.92. The third-order valence-electron chi connectivity index (χ3n) is 1.97. The van der Waals surface area contributed by atoms with E-state index in [1.54, 1.807) is 0 Å². The summed E-state index contributed by atoms with van der Waals surface area (Å²) in [6, 6.07) is 0. The van der Waals surface area contributed by atoms with Crippen molar-refractivity contribution in [3.8, 4) is 0 Å². The van der Waals surface area contributed by atoms with E-state index < -0.39 is 15.0 Å². The molecule has 14 heavy (non-hydrogen) atoms. The van der Waals surface area contributed by atoms with Gasteiger partial charge in [-0.25, -0.2) is 13.2 Å². The number of carboxylic acids is 1. The van der Waals surface area contributed by atoms with Crippen LogP contribution in [0, 0.1) is 13.8 Å². The number of aromatic amines is 1. The molecular formula is C7H8ClNO4S. The summed E-state index contributed by atoms with van der Waals surface area (Å²) in [4.78, 5) is 12.9. The maximum atomic E-state index is 11.0. The summed E-state index contributed by atoms with van der Waals surface area (Å²) in [6.45, 7) is 3.01. The van der Waals surface area contributed by atoms with Crippen LogP contribution in [-0.2, 0) is 9.05 Å². The van der Waals surface area contributed by atoms with Crippen LogP contribution in [0.25, 0.3) is 0 Å². The number of aromatic nitrogens is 1. The molecule has 1 aromatic heterocycles. The minimum atomic E-state index is -3.92. The van der Waals surface area contributed by atoms with Gasteiger partial charge in [-0.3, -0.25) is 0 Å². The number of nitrogens with one attached hydrogen (secondary N) is 1. The third kappa shape index (κ3) is 1.76. The number of hydrogen-bond acceptors (Lipinski definition) is 3. The number of carboxylic acid groups (broad SMARTS) is 1. The number of halogens is 1. The van der Waals surface area contributed by atoms with E-state index in [9.17, 15) is 13.2 Å². The van der Waals surface area contributed by atoms with E-state index in [0.717, 1.165) is 0 Å². The first-order valence-electron chi connectivity index (χ1n) is 3.62. The van der Waals surface area contributed by atoms with Crippen LogP contribution in [0.15, 0.2) is 5.03 Å². The van der Waals surface area contributed by atoms with Crippen LogP contribution < -0.4 is 0 Å². The van der Waals surface area contributed by atoms with E-state index in [2.05, 4.69) is 4.98 Å². The van der Waals surface area contributed by atoms with Gasteiger partial charge in [-0.15, -0.1) is 0 Å². The minimum absolute atomic E-state index is 0.151. The van der Waals surface area contributed by atoms with E-state index in [4.69, 9.17) is 15.8 Å². The highest BCUT2D eigenvalue weighted by Gasteiger charge is 2.22. The van der Waals surface area contributed by atoms with Crippen molar-refractivity contribution >= 4 is 25.7 Å². The highest BCUT2D eigenvalue weighted by molar-refractivity contribution is 8.13. The Hall–Kier alpha value is -1.01. The Morgan fingerprint density at radius 2 is 1.86 bits per heavy atom. The summed E-state index contributed by atoms with van der Waals surface area (Å²) >= 11 is 0. The average molecular weight is 238 g/mol. The molecule has 78 valence electrons. The van der Waals surface area contributed by atoms with E-state index >= 15 is 0 Å². The number of aromatic carboxylic acids is 1. The van der Waals surface area contributed by atoms with E-state index in [1.165, 1.54) is 13.8 Å². The largest absolute Gasteiger partial charge is 0.477 e. The molecule has 5 nitrogen and oxygen atoms in total. The zero-order chi connectivity index (χ0) is 11.1. The first kappa shape index (κ1) is 11.1. The van der Waals surface area contributed by atoms with Crippen LogP contribution in [0.4, 0.5) is 0 Å². The van der Waals surface area contributed by atoms with Crippen molar-refractivity contribution in [1.82, 2.24) is 4.98 Å². The van der Waals surface area contributed by atoms with Crippen LogP contribution in [0.2, 0.25) is 0 Å². The smallest absolute Gasteiger partial charge is 0.352 e. The van der Waals surface area contributed by atoms with Gasteiger partial charge in [0.05, 0.1) is 0 Å². The topological polar surface area (TPSA) is 87.2 Å². The normalized spacial score (nSPS) is 11.6. The molecule has 0 radical (unpaired) electrons. The second-order valence-corrected chi connectivity index (χ2v) is 5.32. The van der Waals surface area contributed by atoms with Gasteiger partial charge in [0.25, 0.3) is 9.05 Å². The van der Waals surface area contributed by atoms with Gasteiger partial charge >= 0.3 is 5.97 Å². The number of H-pyrrole nitrogens is 1. The average Bonchev–Trinajstić information content (AvgIpc) is 2.28. The van der Waals surface area contributed by atoms with E-state index in [0.29, 0.717) is 11.1 Å². The molecule has 0 saturated carbocycles. The summed E-state index contributed by atoms with van der Waals surface area (Å²) in [5, 5.41) is 8.44. The maximum Gasteiger partial charge on any atom is 0.352 e. The van der Waals surface area contributed by atoms with Crippen LogP contribution >= 0.6 is 10.7 Å². The Morgan fingerprint density at radius 1 is 1.36 bits per heavy atom. The van der Waals surface area contributed by atoms with Crippen LogP contribution in [0.3, 0.4) is 0 Å². The highest BCUT2D eigenvalue weighted by atomic mass is 35.7. The zero-order valence-electron chi connectivity index (χ0n) is 7.46. The molecule has 0 saturated heterocycles. The summed E-state index contributed by atoms with van der Waals surface area (Å²) in [5.74, 6) is -1.21. The second kappa shape index (κ2) is 3.29. The lowest BCUT2D eigenvalue weighted by Crippen LogP contribution is -1.99. The second-order valence-electron chi connectivity index (χ2n) is 2.82. The molecule has 1 rings (SSSR count). The Labute approximate surface area is 85.1 Å². The van der Waals surface area contributed by atoms with Crippen molar-refractivity contribution in [1.29, 1.82) is 0 Å². The van der Waals surface area contributed by atoms with E-state index in [1.807, 2.05) is 0 Å². The molecule has 0 aromatic carbocycles. The maximum absolute atomic E-state index is 11.0. The fourth-order valence-electron chi connectivity index (χ4n) is 1.12. The van der Waals surface area contributed by atoms with Gasteiger partial charge in [-0.05, 0) is 25.0 Å². The Bertz CT molecular complexity index is 488. The standard InChI is InChI=1S/C7H8ClNO4S/c1-3-4(2)6(14(8,12)13)9-5(3)7(10)11/h9H,1-2H3,(H,10,11). The monoisotopic (exact) mass is 237 g/mol. The predicted octanol–water partition coefficient (Wildman–Crippen LogP) is 1.26. The SMILES string of the molecule is Cc1c(C(=O)O)[nH]c(S(=O)(=O)Cl)c1C. The quantitative estimate of drug-likeness (QED) is 0.758. The van der Waals surface area contributed by atoms with Gasteiger partial charge in [0, 0.05) is 10.7 Å². The summed E-state index contributed by atoms with van der Waals surface area (Å²) < 4.78 is 22.0. The molecule has 0 aliphatic carbocycles. The number of carbonyl (C=O) groups is 1. The van der Waals surface area contributed by atoms with Crippen molar-refractivity contribution < 1.29 is 18.3 Å². The van der Waals surface area contributed by atoms with Crippen molar-refractivity contribution in [2.75, 3.05) is 0 Å². The fourth-order valence-corrected chi connectivity index (χ4v) is 2.32. The van der Waals surface area contributed by atoms with E-state index in [-0.39, 0.29) is 10.7 Å². The third-order valence-corrected chi connectivity index (χ3v) is 3.33. The van der Waals surface area contributed by atoms with Crippen molar-refractivity contribution in [3.05, 3.63) is 16.8 Å². The molecule has 0 fully saturated rings. The lowest BCUT2D eigenvalue weighted by molar-refractivity contribution is 0.0690. The first-order valence-corrected chi connectivity index (χ1v) is 5.93. The minimum Gasteiger partial charge on any atom is -0.477 e. The predicted molar refractivity (Wildman–Crippen MR) is 50.3 cm³/mol. The van der Waals surface area contributed by atoms with Crippen molar-refractivity contribution in [3.63, 3.8) is 0 Å². The molecular weight excluding hydrogens is 230 g/mol. The molecule has 0 aliphatic heterocycles. The molecule has 2 N–H and O–H groups in total. The number of rotatable bonds is 2. The Kier molecular flexibility index (Phi) is 2.60. The van der Waals surface area contributed by atoms with Crippen LogP contribution in [0.5, 0.6) is 0 Å². The molecule has 1 aromatic rings. The molecule has 0 aliphatic rings. The lowest BCUT2D eigenvalue weighted by atomic mass is 10.2. The zero-order valence-corrected chi connectivity index (χ0v) is 9.03. The van der Waals surface area contributed by atoms with Gasteiger partial charge in [0.15, 0.2) is 5.03 Å². The molecule has 0 amide bonds. The van der Waals surface area contributed by atoms with Gasteiger partial charge in [0.2, 0.25) is 0 Å². The molecule has 0 bridgehead atoms. The summed E-state index contributed by atoms with van der Waals surface area (Å²) in [5.41, 5.74) is 0.552. The van der Waals surface area contributed by atoms with Crippen molar-refractivity contribution in [2.45, 2.75) is 18.9 Å². The molecule has 0 spiro atoms. The van der Waals surface area contributed by atoms with Gasteiger partial charge in [-0.1, -0.05) is 0 Å². The fraction of sp³-hybridized carbons (Fsp3) is 0.286. The Morgan fingerprint density at radius 3 is 2.07 bits per heavy atom.